The van der Waals surface area contributed by atoms with Gasteiger partial charge in [0.25, 0.3) is 0 Å². The maximum absolute atomic E-state index is 11.8. The van der Waals surface area contributed by atoms with Gasteiger partial charge in [0.1, 0.15) is 0 Å². The Morgan fingerprint density at radius 3 is 3.11 bits per heavy atom. The van der Waals surface area contributed by atoms with E-state index >= 15 is 0 Å². The van der Waals surface area contributed by atoms with Crippen molar-refractivity contribution >= 4 is 33.2 Å². The van der Waals surface area contributed by atoms with Crippen LogP contribution >= 0.6 is 27.3 Å². The smallest absolute Gasteiger partial charge is 0.220 e. The SMILES string of the molecule is O=C(CC1CCCNC1)NCCc1ccc(Br)s1. The van der Waals surface area contributed by atoms with Gasteiger partial charge in [-0.2, -0.15) is 0 Å². The second-order valence-corrected chi connectivity index (χ2v) is 7.27. The van der Waals surface area contributed by atoms with Crippen LogP contribution in [0.15, 0.2) is 15.9 Å². The summed E-state index contributed by atoms with van der Waals surface area (Å²) in [6.07, 6.45) is 3.96. The van der Waals surface area contributed by atoms with Crippen LogP contribution in [0, 0.1) is 5.92 Å². The molecular formula is C13H19BrN2OS. The number of hydrogen-bond acceptors (Lipinski definition) is 3. The molecule has 1 aliphatic rings. The van der Waals surface area contributed by atoms with Crippen molar-refractivity contribution in [3.63, 3.8) is 0 Å². The molecule has 2 rings (SSSR count). The summed E-state index contributed by atoms with van der Waals surface area (Å²) in [5, 5.41) is 6.35. The molecule has 1 atom stereocenters. The summed E-state index contributed by atoms with van der Waals surface area (Å²) in [7, 11) is 0. The average molecular weight is 331 g/mol. The van der Waals surface area contributed by atoms with Crippen LogP contribution in [0.25, 0.3) is 0 Å². The number of halogens is 1. The molecule has 1 unspecified atom stereocenters. The van der Waals surface area contributed by atoms with Crippen molar-refractivity contribution in [1.82, 2.24) is 10.6 Å². The third-order valence-corrected chi connectivity index (χ3v) is 4.88. The second kappa shape index (κ2) is 7.26. The van der Waals surface area contributed by atoms with E-state index in [-0.39, 0.29) is 5.91 Å². The van der Waals surface area contributed by atoms with Gasteiger partial charge >= 0.3 is 0 Å². The molecule has 0 saturated carbocycles. The largest absolute Gasteiger partial charge is 0.356 e. The molecule has 0 aromatic carbocycles. The minimum Gasteiger partial charge on any atom is -0.356 e. The number of amides is 1. The summed E-state index contributed by atoms with van der Waals surface area (Å²) >= 11 is 5.17. The highest BCUT2D eigenvalue weighted by Crippen LogP contribution is 2.22. The number of piperidine rings is 1. The van der Waals surface area contributed by atoms with Crippen molar-refractivity contribution < 1.29 is 4.79 Å². The molecule has 1 aromatic heterocycles. The third kappa shape index (κ3) is 4.71. The van der Waals surface area contributed by atoms with Crippen molar-refractivity contribution in [3.8, 4) is 0 Å². The highest BCUT2D eigenvalue weighted by atomic mass is 79.9. The second-order valence-electron chi connectivity index (χ2n) is 4.72. The number of hydrogen-bond donors (Lipinski definition) is 2. The maximum atomic E-state index is 11.8. The number of rotatable bonds is 5. The summed E-state index contributed by atoms with van der Waals surface area (Å²) in [6, 6.07) is 4.15. The molecule has 0 bridgehead atoms. The molecule has 1 saturated heterocycles. The van der Waals surface area contributed by atoms with Crippen LogP contribution in [-0.4, -0.2) is 25.5 Å². The number of carbonyl (C=O) groups is 1. The Hall–Kier alpha value is -0.390. The first-order valence-corrected chi connectivity index (χ1v) is 8.06. The zero-order valence-electron chi connectivity index (χ0n) is 10.4. The highest BCUT2D eigenvalue weighted by molar-refractivity contribution is 9.11. The molecule has 5 heteroatoms. The lowest BCUT2D eigenvalue weighted by atomic mass is 9.96. The number of thiophene rings is 1. The van der Waals surface area contributed by atoms with Gasteiger partial charge in [-0.25, -0.2) is 0 Å². The summed E-state index contributed by atoms with van der Waals surface area (Å²) in [5.74, 6) is 0.717. The lowest BCUT2D eigenvalue weighted by molar-refractivity contribution is -0.122. The van der Waals surface area contributed by atoms with E-state index in [9.17, 15) is 4.79 Å². The summed E-state index contributed by atoms with van der Waals surface area (Å²) in [6.45, 7) is 2.84. The van der Waals surface area contributed by atoms with Crippen molar-refractivity contribution in [2.45, 2.75) is 25.7 Å². The van der Waals surface area contributed by atoms with E-state index in [0.29, 0.717) is 12.3 Å². The first kappa shape index (κ1) is 14.0. The Kier molecular flexibility index (Phi) is 5.66. The molecule has 1 aliphatic heterocycles. The maximum Gasteiger partial charge on any atom is 0.220 e. The fourth-order valence-electron chi connectivity index (χ4n) is 2.24. The molecule has 2 N–H and O–H groups in total. The Morgan fingerprint density at radius 1 is 1.56 bits per heavy atom. The lowest BCUT2D eigenvalue weighted by Gasteiger charge is -2.22. The van der Waals surface area contributed by atoms with E-state index in [1.807, 2.05) is 0 Å². The molecule has 18 heavy (non-hydrogen) atoms. The van der Waals surface area contributed by atoms with Gasteiger partial charge in [-0.3, -0.25) is 4.79 Å². The van der Waals surface area contributed by atoms with E-state index in [2.05, 4.69) is 38.7 Å². The number of carbonyl (C=O) groups excluding carboxylic acids is 1. The van der Waals surface area contributed by atoms with Crippen molar-refractivity contribution in [3.05, 3.63) is 20.8 Å². The predicted octanol–water partition coefficient (Wildman–Crippen LogP) is 2.56. The van der Waals surface area contributed by atoms with Gasteiger partial charge in [-0.1, -0.05) is 0 Å². The van der Waals surface area contributed by atoms with Gasteiger partial charge in [0, 0.05) is 17.8 Å². The van der Waals surface area contributed by atoms with Crippen LogP contribution < -0.4 is 10.6 Å². The standard InChI is InChI=1S/C13H19BrN2OS/c14-12-4-3-11(18-12)5-7-16-13(17)8-10-2-1-6-15-9-10/h3-4,10,15H,1-2,5-9H2,(H,16,17). The van der Waals surface area contributed by atoms with E-state index < -0.39 is 0 Å². The van der Waals surface area contributed by atoms with Gasteiger partial charge in [-0.15, -0.1) is 11.3 Å². The molecule has 2 heterocycles. The third-order valence-electron chi connectivity index (χ3n) is 3.20. The van der Waals surface area contributed by atoms with Crippen molar-refractivity contribution in [2.24, 2.45) is 5.92 Å². The van der Waals surface area contributed by atoms with Gasteiger partial charge in [0.05, 0.1) is 3.79 Å². The monoisotopic (exact) mass is 330 g/mol. The number of nitrogens with one attached hydrogen (secondary N) is 2. The van der Waals surface area contributed by atoms with Crippen LogP contribution in [0.5, 0.6) is 0 Å². The average Bonchev–Trinajstić information content (AvgIpc) is 2.76. The molecule has 1 aromatic rings. The normalized spacial score (nSPS) is 19.7. The topological polar surface area (TPSA) is 41.1 Å². The zero-order chi connectivity index (χ0) is 12.8. The Bertz CT molecular complexity index is 388. The van der Waals surface area contributed by atoms with Gasteiger partial charge in [0.2, 0.25) is 5.91 Å². The molecule has 100 valence electrons. The molecular weight excluding hydrogens is 312 g/mol. The van der Waals surface area contributed by atoms with Crippen LogP contribution in [0.4, 0.5) is 0 Å². The van der Waals surface area contributed by atoms with Crippen LogP contribution in [0.2, 0.25) is 0 Å². The van der Waals surface area contributed by atoms with Crippen LogP contribution in [0.1, 0.15) is 24.1 Å². The lowest BCUT2D eigenvalue weighted by Crippen LogP contribution is -2.34. The van der Waals surface area contributed by atoms with Crippen LogP contribution in [0.3, 0.4) is 0 Å². The quantitative estimate of drug-likeness (QED) is 0.871. The zero-order valence-corrected chi connectivity index (χ0v) is 12.8. The first-order valence-electron chi connectivity index (χ1n) is 6.45. The minimum atomic E-state index is 0.194. The fraction of sp³-hybridized carbons (Fsp3) is 0.615. The fourth-order valence-corrected chi connectivity index (χ4v) is 3.73. The van der Waals surface area contributed by atoms with Crippen molar-refractivity contribution in [1.29, 1.82) is 0 Å². The van der Waals surface area contributed by atoms with E-state index in [1.165, 1.54) is 17.7 Å². The van der Waals surface area contributed by atoms with Crippen LogP contribution in [-0.2, 0) is 11.2 Å². The molecule has 1 amide bonds. The van der Waals surface area contributed by atoms with Crippen molar-refractivity contribution in [2.75, 3.05) is 19.6 Å². The van der Waals surface area contributed by atoms with E-state index in [4.69, 9.17) is 0 Å². The van der Waals surface area contributed by atoms with Gasteiger partial charge < -0.3 is 10.6 Å². The van der Waals surface area contributed by atoms with Gasteiger partial charge in [0.15, 0.2) is 0 Å². The van der Waals surface area contributed by atoms with E-state index in [1.54, 1.807) is 11.3 Å². The Morgan fingerprint density at radius 2 is 2.44 bits per heavy atom. The van der Waals surface area contributed by atoms with Gasteiger partial charge in [-0.05, 0) is 66.3 Å². The predicted molar refractivity (Wildman–Crippen MR) is 78.9 cm³/mol. The van der Waals surface area contributed by atoms with E-state index in [0.717, 1.165) is 29.8 Å². The summed E-state index contributed by atoms with van der Waals surface area (Å²) in [4.78, 5) is 13.1. The molecule has 0 aliphatic carbocycles. The highest BCUT2D eigenvalue weighted by Gasteiger charge is 2.16. The minimum absolute atomic E-state index is 0.194. The molecule has 3 nitrogen and oxygen atoms in total. The molecule has 0 radical (unpaired) electrons. The summed E-state index contributed by atoms with van der Waals surface area (Å²) in [5.41, 5.74) is 0. The Balaban J connectivity index is 1.62. The first-order chi connectivity index (χ1) is 8.74. The Labute approximate surface area is 120 Å². The molecule has 1 fully saturated rings. The summed E-state index contributed by atoms with van der Waals surface area (Å²) < 4.78 is 1.15. The molecule has 0 spiro atoms.